The van der Waals surface area contributed by atoms with Crippen LogP contribution in [0.1, 0.15) is 19.5 Å². The summed E-state index contributed by atoms with van der Waals surface area (Å²) < 4.78 is 7.48. The van der Waals surface area contributed by atoms with E-state index < -0.39 is 0 Å². The fourth-order valence-electron chi connectivity index (χ4n) is 3.12. The first-order chi connectivity index (χ1) is 12.8. The molecule has 1 atom stereocenters. The summed E-state index contributed by atoms with van der Waals surface area (Å²) >= 11 is 0. The van der Waals surface area contributed by atoms with Gasteiger partial charge in [0.2, 0.25) is 0 Å². The first-order valence-electron chi connectivity index (χ1n) is 9.53. The van der Waals surface area contributed by atoms with Crippen molar-refractivity contribution in [2.45, 2.75) is 26.3 Å². The number of hydrogen-bond donors (Lipinski definition) is 2. The summed E-state index contributed by atoms with van der Waals surface area (Å²) in [5, 5.41) is 6.74. The van der Waals surface area contributed by atoms with E-state index in [9.17, 15) is 0 Å². The quantitative estimate of drug-likeness (QED) is 0.355. The number of rotatable bonds is 7. The fourth-order valence-corrected chi connectivity index (χ4v) is 3.12. The van der Waals surface area contributed by atoms with Crippen molar-refractivity contribution in [3.63, 3.8) is 0 Å². The number of nitrogens with zero attached hydrogens (tertiary/aromatic N) is 4. The number of aliphatic imine (C=N–C) groups is 1. The van der Waals surface area contributed by atoms with Gasteiger partial charge in [0.15, 0.2) is 5.96 Å². The second-order valence-corrected chi connectivity index (χ2v) is 6.59. The molecule has 27 heavy (non-hydrogen) atoms. The smallest absolute Gasteiger partial charge is 0.191 e. The topological polar surface area (TPSA) is 66.2 Å². The highest BCUT2D eigenvalue weighted by molar-refractivity contribution is 14.0. The number of pyridine rings is 1. The zero-order chi connectivity index (χ0) is 18.2. The van der Waals surface area contributed by atoms with Crippen LogP contribution in [0.5, 0.6) is 0 Å². The van der Waals surface area contributed by atoms with Crippen LogP contribution in [0.15, 0.2) is 35.6 Å². The molecule has 0 saturated carbocycles. The molecule has 0 radical (unpaired) electrons. The molecule has 2 aromatic heterocycles. The molecule has 1 aliphatic rings. The molecule has 0 aliphatic carbocycles. The highest BCUT2D eigenvalue weighted by atomic mass is 127. The minimum absolute atomic E-state index is 0. The monoisotopic (exact) mass is 486 g/mol. The molecule has 1 fully saturated rings. The summed E-state index contributed by atoms with van der Waals surface area (Å²) in [5.41, 5.74) is 2.07. The van der Waals surface area contributed by atoms with Crippen molar-refractivity contribution in [2.75, 3.05) is 45.9 Å². The molecule has 0 aromatic carbocycles. The van der Waals surface area contributed by atoms with E-state index in [1.807, 2.05) is 24.4 Å². The lowest BCUT2D eigenvalue weighted by Crippen LogP contribution is -2.44. The van der Waals surface area contributed by atoms with E-state index in [0.29, 0.717) is 6.04 Å². The van der Waals surface area contributed by atoms with E-state index in [0.717, 1.165) is 69.7 Å². The van der Waals surface area contributed by atoms with Crippen LogP contribution < -0.4 is 10.6 Å². The molecule has 1 aliphatic heterocycles. The van der Waals surface area contributed by atoms with Gasteiger partial charge in [-0.3, -0.25) is 9.89 Å². The Bertz CT molecular complexity index is 680. The Morgan fingerprint density at radius 2 is 2.11 bits per heavy atom. The van der Waals surface area contributed by atoms with Crippen molar-refractivity contribution in [1.82, 2.24) is 24.9 Å². The lowest BCUT2D eigenvalue weighted by atomic mass is 10.2. The summed E-state index contributed by atoms with van der Waals surface area (Å²) in [4.78, 5) is 11.8. The lowest BCUT2D eigenvalue weighted by molar-refractivity contribution is 0.0220. The molecule has 1 saturated heterocycles. The van der Waals surface area contributed by atoms with Crippen molar-refractivity contribution < 1.29 is 4.74 Å². The van der Waals surface area contributed by atoms with Crippen LogP contribution in [0.3, 0.4) is 0 Å². The number of nitrogens with one attached hydrogen (secondary N) is 2. The Labute approximate surface area is 178 Å². The van der Waals surface area contributed by atoms with E-state index in [1.165, 1.54) is 0 Å². The number of aromatic nitrogens is 2. The van der Waals surface area contributed by atoms with Gasteiger partial charge in [-0.05, 0) is 26.0 Å². The summed E-state index contributed by atoms with van der Waals surface area (Å²) in [6, 6.07) is 6.47. The van der Waals surface area contributed by atoms with E-state index in [1.54, 1.807) is 0 Å². The number of morpholine rings is 1. The number of guanidine groups is 1. The largest absolute Gasteiger partial charge is 0.379 e. The molecular weight excluding hydrogens is 455 g/mol. The van der Waals surface area contributed by atoms with Gasteiger partial charge in [-0.2, -0.15) is 0 Å². The maximum absolute atomic E-state index is 5.42. The maximum Gasteiger partial charge on any atom is 0.191 e. The van der Waals surface area contributed by atoms with Gasteiger partial charge >= 0.3 is 0 Å². The van der Waals surface area contributed by atoms with Crippen LogP contribution in [0.4, 0.5) is 0 Å². The van der Waals surface area contributed by atoms with Crippen molar-refractivity contribution >= 4 is 35.6 Å². The van der Waals surface area contributed by atoms with Gasteiger partial charge in [0.1, 0.15) is 5.65 Å². The summed E-state index contributed by atoms with van der Waals surface area (Å²) in [5.74, 6) is 0.872. The molecule has 3 rings (SSSR count). The average molecular weight is 486 g/mol. The number of halogens is 1. The van der Waals surface area contributed by atoms with E-state index in [-0.39, 0.29) is 24.0 Å². The van der Waals surface area contributed by atoms with Crippen molar-refractivity contribution in [2.24, 2.45) is 4.99 Å². The summed E-state index contributed by atoms with van der Waals surface area (Å²) in [7, 11) is 0. The molecular formula is C19H31IN6O. The molecule has 150 valence electrons. The molecule has 2 aromatic rings. The molecule has 3 heterocycles. The first kappa shape index (κ1) is 21.9. The zero-order valence-electron chi connectivity index (χ0n) is 16.2. The van der Waals surface area contributed by atoms with Crippen LogP contribution in [0.25, 0.3) is 5.65 Å². The third-order valence-corrected chi connectivity index (χ3v) is 4.61. The van der Waals surface area contributed by atoms with Gasteiger partial charge in [0, 0.05) is 51.0 Å². The molecule has 0 spiro atoms. The summed E-state index contributed by atoms with van der Waals surface area (Å²) in [6.07, 6.45) is 4.98. The van der Waals surface area contributed by atoms with E-state index in [4.69, 9.17) is 9.73 Å². The summed E-state index contributed by atoms with van der Waals surface area (Å²) in [6.45, 7) is 10.4. The van der Waals surface area contributed by atoms with Crippen LogP contribution in [-0.4, -0.2) is 72.2 Å². The zero-order valence-corrected chi connectivity index (χ0v) is 18.6. The second-order valence-electron chi connectivity index (χ2n) is 6.59. The molecule has 1 unspecified atom stereocenters. The predicted molar refractivity (Wildman–Crippen MR) is 120 cm³/mol. The van der Waals surface area contributed by atoms with Crippen molar-refractivity contribution in [3.8, 4) is 0 Å². The minimum atomic E-state index is 0. The number of imidazole rings is 1. The van der Waals surface area contributed by atoms with Gasteiger partial charge in [-0.1, -0.05) is 6.07 Å². The highest BCUT2D eigenvalue weighted by Crippen LogP contribution is 2.05. The Balaban J connectivity index is 0.00000261. The standard InChI is InChI=1S/C19H30N6O.HI/c1-3-20-19(22-14-16(2)24-10-12-26-13-11-24)21-8-7-17-15-25-9-5-4-6-18(25)23-17;/h4-6,9,15-16H,3,7-8,10-14H2,1-2H3,(H2,20,21,22);1H. The fraction of sp³-hybridized carbons (Fsp3) is 0.579. The molecule has 0 amide bonds. The van der Waals surface area contributed by atoms with Gasteiger partial charge in [-0.15, -0.1) is 24.0 Å². The van der Waals surface area contributed by atoms with E-state index >= 15 is 0 Å². The normalized spacial score (nSPS) is 16.7. The number of ether oxygens (including phenoxy) is 1. The first-order valence-corrected chi connectivity index (χ1v) is 9.53. The lowest BCUT2D eigenvalue weighted by Gasteiger charge is -2.31. The van der Waals surface area contributed by atoms with Crippen LogP contribution in [-0.2, 0) is 11.2 Å². The molecule has 0 bridgehead atoms. The van der Waals surface area contributed by atoms with Crippen molar-refractivity contribution in [1.29, 1.82) is 0 Å². The second kappa shape index (κ2) is 11.5. The van der Waals surface area contributed by atoms with Gasteiger partial charge in [0.05, 0.1) is 25.5 Å². The molecule has 2 N–H and O–H groups in total. The van der Waals surface area contributed by atoms with Crippen LogP contribution in [0.2, 0.25) is 0 Å². The number of fused-ring (bicyclic) bond motifs is 1. The van der Waals surface area contributed by atoms with Gasteiger partial charge in [0.25, 0.3) is 0 Å². The van der Waals surface area contributed by atoms with Crippen molar-refractivity contribution in [3.05, 3.63) is 36.3 Å². The Kier molecular flexibility index (Phi) is 9.29. The van der Waals surface area contributed by atoms with E-state index in [2.05, 4.69) is 45.0 Å². The molecule has 7 nitrogen and oxygen atoms in total. The Hall–Kier alpha value is -1.39. The Morgan fingerprint density at radius 3 is 2.85 bits per heavy atom. The maximum atomic E-state index is 5.42. The highest BCUT2D eigenvalue weighted by Gasteiger charge is 2.16. The minimum Gasteiger partial charge on any atom is -0.379 e. The molecule has 8 heteroatoms. The van der Waals surface area contributed by atoms with Gasteiger partial charge < -0.3 is 19.8 Å². The third-order valence-electron chi connectivity index (χ3n) is 4.61. The SMILES string of the molecule is CCNC(=NCC(C)N1CCOCC1)NCCc1cn2ccccc2n1.I. The van der Waals surface area contributed by atoms with Crippen LogP contribution >= 0.6 is 24.0 Å². The predicted octanol–water partition coefficient (Wildman–Crippen LogP) is 1.77. The number of hydrogen-bond acceptors (Lipinski definition) is 4. The third kappa shape index (κ3) is 6.62. The van der Waals surface area contributed by atoms with Gasteiger partial charge in [-0.25, -0.2) is 4.98 Å². The van der Waals surface area contributed by atoms with Crippen LogP contribution in [0, 0.1) is 0 Å². The Morgan fingerprint density at radius 1 is 1.30 bits per heavy atom. The average Bonchev–Trinajstić information content (AvgIpc) is 3.09.